The molecule has 0 radical (unpaired) electrons. The van der Waals surface area contributed by atoms with E-state index >= 15 is 0 Å². The molecule has 4 heterocycles. The van der Waals surface area contributed by atoms with Gasteiger partial charge in [-0.2, -0.15) is 21.1 Å². The highest BCUT2D eigenvalue weighted by atomic mass is 35.5. The molecule has 41 heavy (non-hydrogen) atoms. The van der Waals surface area contributed by atoms with E-state index in [9.17, 15) is 19.2 Å². The molecular weight excluding hydrogens is 582 g/mol. The summed E-state index contributed by atoms with van der Waals surface area (Å²) in [6.45, 7) is 4.02. The van der Waals surface area contributed by atoms with Crippen molar-refractivity contribution in [3.8, 4) is 11.3 Å². The Kier molecular flexibility index (Phi) is 8.11. The van der Waals surface area contributed by atoms with E-state index in [1.165, 1.54) is 62.4 Å². The lowest BCUT2D eigenvalue weighted by atomic mass is 10.1. The van der Waals surface area contributed by atoms with Crippen LogP contribution in [0, 0.1) is 0 Å². The van der Waals surface area contributed by atoms with E-state index in [1.807, 2.05) is 6.07 Å². The van der Waals surface area contributed by atoms with Gasteiger partial charge in [-0.05, 0) is 47.3 Å². The first-order valence-electron chi connectivity index (χ1n) is 12.2. The average Bonchev–Trinajstić information content (AvgIpc) is 3.74. The van der Waals surface area contributed by atoms with Crippen molar-refractivity contribution < 1.29 is 14.4 Å². The molecule has 0 saturated heterocycles. The summed E-state index contributed by atoms with van der Waals surface area (Å²) in [7, 11) is 0. The van der Waals surface area contributed by atoms with Gasteiger partial charge in [0, 0.05) is 50.8 Å². The van der Waals surface area contributed by atoms with E-state index in [0.29, 0.717) is 39.1 Å². The number of hydrogen-bond donors (Lipinski definition) is 2. The van der Waals surface area contributed by atoms with Crippen LogP contribution in [0.5, 0.6) is 0 Å². The molecule has 12 heteroatoms. The number of carbonyl (C=O) groups is 3. The molecule has 4 aromatic heterocycles. The van der Waals surface area contributed by atoms with Gasteiger partial charge >= 0.3 is 0 Å². The summed E-state index contributed by atoms with van der Waals surface area (Å²) in [5.41, 5.74) is 7.29. The molecule has 0 atom stereocenters. The van der Waals surface area contributed by atoms with Gasteiger partial charge in [0.25, 0.3) is 11.5 Å². The van der Waals surface area contributed by atoms with E-state index in [1.54, 1.807) is 41.1 Å². The highest BCUT2D eigenvalue weighted by Crippen LogP contribution is 2.28. The van der Waals surface area contributed by atoms with Gasteiger partial charge in [-0.25, -0.2) is 0 Å². The van der Waals surface area contributed by atoms with Gasteiger partial charge in [0.2, 0.25) is 5.91 Å². The second-order valence-electron chi connectivity index (χ2n) is 8.88. The Morgan fingerprint density at radius 1 is 1.07 bits per heavy atom. The second-order valence-corrected chi connectivity index (χ2v) is 11.5. The van der Waals surface area contributed by atoms with Crippen LogP contribution in [0.4, 0.5) is 5.82 Å². The zero-order valence-corrected chi connectivity index (χ0v) is 23.8. The van der Waals surface area contributed by atoms with E-state index in [0.717, 1.165) is 4.88 Å². The fourth-order valence-corrected chi connectivity index (χ4v) is 5.80. The van der Waals surface area contributed by atoms with Crippen LogP contribution in [0.25, 0.3) is 17.3 Å². The van der Waals surface area contributed by atoms with Gasteiger partial charge in [0.15, 0.2) is 5.78 Å². The molecule has 0 aliphatic carbocycles. The molecule has 0 saturated carbocycles. The Hall–Kier alpha value is -4.58. The molecule has 1 aromatic carbocycles. The summed E-state index contributed by atoms with van der Waals surface area (Å²) in [4.78, 5) is 51.8. The minimum absolute atomic E-state index is 0.163. The van der Waals surface area contributed by atoms with Crippen molar-refractivity contribution in [1.82, 2.24) is 14.3 Å². The van der Waals surface area contributed by atoms with Crippen LogP contribution in [0.3, 0.4) is 0 Å². The minimum Gasteiger partial charge on any atom is -0.366 e. The Morgan fingerprint density at radius 3 is 2.56 bits per heavy atom. The second kappa shape index (κ2) is 11.9. The lowest BCUT2D eigenvalue weighted by Crippen LogP contribution is -2.24. The first-order chi connectivity index (χ1) is 19.7. The predicted molar refractivity (Wildman–Crippen MR) is 162 cm³/mol. The van der Waals surface area contributed by atoms with Crippen molar-refractivity contribution in [1.29, 1.82) is 0 Å². The summed E-state index contributed by atoms with van der Waals surface area (Å²) in [5.74, 6) is -1.02. The standard InChI is InChI=1S/C29H22ClN5O4S2/c1-2-17-11-27(37)34(15-24(36)20-8-9-40-16-20)14-22(17)23-12-26(32-13-21-6-7-25(30)41-21)35(33-23)29(39)19-5-3-4-18(10-19)28(31)38/h2-12,14,16,32H,1,13,15H2,(H2,31,38). The minimum atomic E-state index is -0.663. The third-order valence-corrected chi connectivity index (χ3v) is 8.09. The van der Waals surface area contributed by atoms with E-state index in [2.05, 4.69) is 17.0 Å². The molecule has 5 rings (SSSR count). The van der Waals surface area contributed by atoms with Crippen molar-refractivity contribution in [2.75, 3.05) is 5.32 Å². The van der Waals surface area contributed by atoms with Crippen molar-refractivity contribution in [2.45, 2.75) is 13.1 Å². The number of thiophene rings is 2. The number of amides is 1. The molecule has 0 bridgehead atoms. The van der Waals surface area contributed by atoms with Crippen LogP contribution in [0.15, 0.2) is 82.9 Å². The molecule has 0 spiro atoms. The molecular formula is C29H22ClN5O4S2. The number of nitrogens with two attached hydrogens (primary N) is 1. The zero-order valence-electron chi connectivity index (χ0n) is 21.4. The van der Waals surface area contributed by atoms with Gasteiger partial charge in [-0.1, -0.05) is 30.3 Å². The lowest BCUT2D eigenvalue weighted by molar-refractivity contribution is 0.0945. The number of rotatable bonds is 10. The maximum Gasteiger partial charge on any atom is 0.280 e. The smallest absolute Gasteiger partial charge is 0.280 e. The van der Waals surface area contributed by atoms with Crippen LogP contribution in [0.2, 0.25) is 4.34 Å². The molecule has 0 aliphatic heterocycles. The topological polar surface area (TPSA) is 129 Å². The van der Waals surface area contributed by atoms with Crippen LogP contribution in [-0.4, -0.2) is 31.9 Å². The number of primary amides is 1. The fraction of sp³-hybridized carbons (Fsp3) is 0.0690. The highest BCUT2D eigenvalue weighted by molar-refractivity contribution is 7.16. The summed E-state index contributed by atoms with van der Waals surface area (Å²) < 4.78 is 3.12. The zero-order chi connectivity index (χ0) is 29.1. The SMILES string of the molecule is C=Cc1cc(=O)n(CC(=O)c2ccsc2)cc1-c1cc(NCc2ccc(Cl)s2)n(C(=O)c2cccc(C(N)=O)c2)n1. The Balaban J connectivity index is 1.57. The van der Waals surface area contributed by atoms with Gasteiger partial charge in [-0.3, -0.25) is 19.2 Å². The first-order valence-corrected chi connectivity index (χ1v) is 14.3. The monoisotopic (exact) mass is 603 g/mol. The number of anilines is 1. The van der Waals surface area contributed by atoms with Gasteiger partial charge < -0.3 is 15.6 Å². The number of nitrogens with zero attached hydrogens (tertiary/aromatic N) is 3. The third kappa shape index (κ3) is 6.12. The third-order valence-electron chi connectivity index (χ3n) is 6.18. The number of aromatic nitrogens is 3. The number of carbonyl (C=O) groups excluding carboxylic acids is 3. The van der Waals surface area contributed by atoms with Crippen molar-refractivity contribution in [3.05, 3.63) is 120 Å². The first kappa shape index (κ1) is 28.0. The summed E-state index contributed by atoms with van der Waals surface area (Å²) >= 11 is 8.87. The number of Topliss-reactive ketones (excluding diaryl/α,β-unsaturated/α-hetero) is 1. The number of halogens is 1. The molecule has 5 aromatic rings. The molecule has 0 unspecified atom stereocenters. The summed E-state index contributed by atoms with van der Waals surface area (Å²) in [6, 6.07) is 14.4. The van der Waals surface area contributed by atoms with Crippen LogP contribution in [0.1, 0.15) is 41.5 Å². The number of benzene rings is 1. The average molecular weight is 604 g/mol. The lowest BCUT2D eigenvalue weighted by Gasteiger charge is -2.09. The van der Waals surface area contributed by atoms with Crippen molar-refractivity contribution >= 4 is 63.8 Å². The highest BCUT2D eigenvalue weighted by Gasteiger charge is 2.21. The number of ketones is 1. The Bertz CT molecular complexity index is 1850. The van der Waals surface area contributed by atoms with Crippen LogP contribution >= 0.6 is 34.3 Å². The summed E-state index contributed by atoms with van der Waals surface area (Å²) in [5, 5.41) is 11.3. The maximum absolute atomic E-state index is 13.6. The molecule has 1 amide bonds. The van der Waals surface area contributed by atoms with Gasteiger partial charge in [-0.15, -0.1) is 11.3 Å². The normalized spacial score (nSPS) is 10.9. The molecule has 9 nitrogen and oxygen atoms in total. The van der Waals surface area contributed by atoms with Crippen molar-refractivity contribution in [3.63, 3.8) is 0 Å². The quantitative estimate of drug-likeness (QED) is 0.205. The maximum atomic E-state index is 13.6. The number of nitrogens with one attached hydrogen (secondary N) is 1. The van der Waals surface area contributed by atoms with E-state index in [-0.39, 0.29) is 29.0 Å². The van der Waals surface area contributed by atoms with Crippen molar-refractivity contribution in [2.24, 2.45) is 5.73 Å². The van der Waals surface area contributed by atoms with E-state index in [4.69, 9.17) is 17.3 Å². The molecule has 0 aliphatic rings. The Labute approximate surface area is 247 Å². The number of pyridine rings is 1. The largest absolute Gasteiger partial charge is 0.366 e. The fourth-order valence-electron chi connectivity index (χ4n) is 4.11. The Morgan fingerprint density at radius 2 is 1.88 bits per heavy atom. The number of hydrogen-bond acceptors (Lipinski definition) is 8. The van der Waals surface area contributed by atoms with Crippen LogP contribution in [-0.2, 0) is 13.1 Å². The van der Waals surface area contributed by atoms with Gasteiger partial charge in [0.1, 0.15) is 5.82 Å². The van der Waals surface area contributed by atoms with Gasteiger partial charge in [0.05, 0.1) is 23.1 Å². The van der Waals surface area contributed by atoms with E-state index < -0.39 is 11.8 Å². The molecule has 0 fully saturated rings. The summed E-state index contributed by atoms with van der Waals surface area (Å²) in [6.07, 6.45) is 3.05. The molecule has 206 valence electrons. The van der Waals surface area contributed by atoms with Crippen LogP contribution < -0.4 is 16.6 Å². The predicted octanol–water partition coefficient (Wildman–Crippen LogP) is 5.41. The molecule has 3 N–H and O–H groups in total.